The van der Waals surface area contributed by atoms with Gasteiger partial charge < -0.3 is 10.5 Å². The summed E-state index contributed by atoms with van der Waals surface area (Å²) in [4.78, 5) is 3.06. The van der Waals surface area contributed by atoms with Crippen LogP contribution in [-0.2, 0) is 4.74 Å². The molecule has 0 radical (unpaired) electrons. The van der Waals surface area contributed by atoms with Crippen molar-refractivity contribution in [1.29, 1.82) is 0 Å². The Kier molecular flexibility index (Phi) is 5.37. The number of ether oxygens (including phenoxy) is 1. The fourth-order valence-electron chi connectivity index (χ4n) is 1.50. The lowest BCUT2D eigenvalue weighted by molar-refractivity contribution is 0.111. The van der Waals surface area contributed by atoms with Gasteiger partial charge in [-0.15, -0.1) is 0 Å². The van der Waals surface area contributed by atoms with Gasteiger partial charge in [0.15, 0.2) is 0 Å². The van der Waals surface area contributed by atoms with Crippen molar-refractivity contribution in [2.75, 3.05) is 26.3 Å². The average Bonchev–Trinajstić information content (AvgIpc) is 2.94. The second-order valence-electron chi connectivity index (χ2n) is 3.68. The van der Waals surface area contributed by atoms with Crippen molar-refractivity contribution in [3.8, 4) is 0 Å². The Morgan fingerprint density at radius 3 is 2.71 bits per heavy atom. The van der Waals surface area contributed by atoms with Crippen LogP contribution in [0.2, 0.25) is 0 Å². The molecule has 0 heterocycles. The minimum Gasteiger partial charge on any atom is -0.393 e. The standard InChI is InChI=1S/C10H20N2OS/c1-2-13-8-7-12(9-3-4-9)6-5-10(11)14/h9H,2-8H2,1H3,(H2,11,14). The van der Waals surface area contributed by atoms with Gasteiger partial charge in [0.05, 0.1) is 11.6 Å². The van der Waals surface area contributed by atoms with Crippen LogP contribution in [0, 0.1) is 0 Å². The van der Waals surface area contributed by atoms with Crippen LogP contribution in [0.25, 0.3) is 0 Å². The first-order chi connectivity index (χ1) is 6.74. The number of rotatable bonds is 8. The molecule has 1 rings (SSSR count). The highest BCUT2D eigenvalue weighted by Gasteiger charge is 2.28. The summed E-state index contributed by atoms with van der Waals surface area (Å²) in [5.41, 5.74) is 5.49. The Bertz CT molecular complexity index is 183. The lowest BCUT2D eigenvalue weighted by Gasteiger charge is -2.21. The Hall–Kier alpha value is -0.190. The van der Waals surface area contributed by atoms with Gasteiger partial charge in [0.25, 0.3) is 0 Å². The number of nitrogens with zero attached hydrogens (tertiary/aromatic N) is 1. The molecule has 1 aliphatic carbocycles. The van der Waals surface area contributed by atoms with Crippen molar-refractivity contribution >= 4 is 17.2 Å². The zero-order valence-corrected chi connectivity index (χ0v) is 9.68. The number of thiocarbonyl (C=S) groups is 1. The van der Waals surface area contributed by atoms with E-state index in [1.165, 1.54) is 12.8 Å². The fourth-order valence-corrected chi connectivity index (χ4v) is 1.59. The molecule has 0 saturated heterocycles. The lowest BCUT2D eigenvalue weighted by atomic mass is 10.3. The van der Waals surface area contributed by atoms with Crippen molar-refractivity contribution in [3.05, 3.63) is 0 Å². The van der Waals surface area contributed by atoms with Crippen LogP contribution in [0.4, 0.5) is 0 Å². The van der Waals surface area contributed by atoms with Crippen LogP contribution < -0.4 is 5.73 Å². The van der Waals surface area contributed by atoms with Crippen molar-refractivity contribution in [2.45, 2.75) is 32.2 Å². The molecular weight excluding hydrogens is 196 g/mol. The zero-order chi connectivity index (χ0) is 10.4. The molecule has 0 aromatic carbocycles. The summed E-state index contributed by atoms with van der Waals surface area (Å²) in [7, 11) is 0. The van der Waals surface area contributed by atoms with E-state index >= 15 is 0 Å². The maximum atomic E-state index is 5.49. The van der Waals surface area contributed by atoms with Gasteiger partial charge in [-0.2, -0.15) is 0 Å². The summed E-state index contributed by atoms with van der Waals surface area (Å²) in [6.07, 6.45) is 3.48. The van der Waals surface area contributed by atoms with Gasteiger partial charge in [-0.3, -0.25) is 4.90 Å². The number of nitrogens with two attached hydrogens (primary N) is 1. The van der Waals surface area contributed by atoms with Crippen LogP contribution >= 0.6 is 12.2 Å². The molecule has 0 aliphatic heterocycles. The second kappa shape index (κ2) is 6.32. The minimum atomic E-state index is 0.618. The lowest BCUT2D eigenvalue weighted by Crippen LogP contribution is -2.32. The van der Waals surface area contributed by atoms with Gasteiger partial charge in [-0.1, -0.05) is 12.2 Å². The van der Waals surface area contributed by atoms with Crippen molar-refractivity contribution in [1.82, 2.24) is 4.90 Å². The third-order valence-electron chi connectivity index (χ3n) is 2.44. The van der Waals surface area contributed by atoms with E-state index in [1.54, 1.807) is 0 Å². The molecule has 4 heteroatoms. The summed E-state index contributed by atoms with van der Waals surface area (Å²) >= 11 is 4.88. The third kappa shape index (κ3) is 4.88. The van der Waals surface area contributed by atoms with E-state index in [-0.39, 0.29) is 0 Å². The van der Waals surface area contributed by atoms with Gasteiger partial charge in [-0.05, 0) is 19.8 Å². The maximum absolute atomic E-state index is 5.49. The summed E-state index contributed by atoms with van der Waals surface area (Å²) in [6, 6.07) is 0.768. The Balaban J connectivity index is 2.14. The van der Waals surface area contributed by atoms with E-state index in [2.05, 4.69) is 4.90 Å². The maximum Gasteiger partial charge on any atom is 0.0740 e. The quantitative estimate of drug-likeness (QED) is 0.488. The van der Waals surface area contributed by atoms with Crippen LogP contribution in [0.5, 0.6) is 0 Å². The molecule has 1 fully saturated rings. The molecule has 0 unspecified atom stereocenters. The smallest absolute Gasteiger partial charge is 0.0740 e. The Morgan fingerprint density at radius 1 is 1.50 bits per heavy atom. The van der Waals surface area contributed by atoms with Crippen LogP contribution in [0.15, 0.2) is 0 Å². The molecule has 14 heavy (non-hydrogen) atoms. The van der Waals surface area contributed by atoms with Gasteiger partial charge in [0.2, 0.25) is 0 Å². The molecule has 1 aliphatic rings. The van der Waals surface area contributed by atoms with Crippen LogP contribution in [-0.4, -0.2) is 42.2 Å². The number of hydrogen-bond donors (Lipinski definition) is 1. The molecule has 2 N–H and O–H groups in total. The molecule has 82 valence electrons. The first-order valence-electron chi connectivity index (χ1n) is 5.34. The van der Waals surface area contributed by atoms with Gasteiger partial charge >= 0.3 is 0 Å². The van der Waals surface area contributed by atoms with E-state index in [1.807, 2.05) is 6.92 Å². The highest BCUT2D eigenvalue weighted by Crippen LogP contribution is 2.26. The molecule has 1 saturated carbocycles. The van der Waals surface area contributed by atoms with E-state index in [0.717, 1.165) is 38.8 Å². The van der Waals surface area contributed by atoms with Crippen molar-refractivity contribution in [3.63, 3.8) is 0 Å². The van der Waals surface area contributed by atoms with E-state index in [0.29, 0.717) is 4.99 Å². The van der Waals surface area contributed by atoms with E-state index in [9.17, 15) is 0 Å². The fraction of sp³-hybridized carbons (Fsp3) is 0.900. The Morgan fingerprint density at radius 2 is 2.21 bits per heavy atom. The topological polar surface area (TPSA) is 38.5 Å². The Labute approximate surface area is 91.6 Å². The third-order valence-corrected chi connectivity index (χ3v) is 2.64. The summed E-state index contributed by atoms with van der Waals surface area (Å²) in [5, 5.41) is 0. The van der Waals surface area contributed by atoms with Crippen molar-refractivity contribution in [2.24, 2.45) is 5.73 Å². The van der Waals surface area contributed by atoms with Crippen LogP contribution in [0.1, 0.15) is 26.2 Å². The SMILES string of the molecule is CCOCCN(CCC(N)=S)C1CC1. The average molecular weight is 216 g/mol. The first kappa shape index (κ1) is 11.9. The first-order valence-corrected chi connectivity index (χ1v) is 5.75. The normalized spacial score (nSPS) is 16.1. The molecule has 0 bridgehead atoms. The number of hydrogen-bond acceptors (Lipinski definition) is 3. The molecule has 0 aromatic rings. The molecular formula is C10H20N2OS. The molecule has 0 spiro atoms. The van der Waals surface area contributed by atoms with Crippen LogP contribution in [0.3, 0.4) is 0 Å². The largest absolute Gasteiger partial charge is 0.393 e. The predicted octanol–water partition coefficient (Wildman–Crippen LogP) is 1.16. The van der Waals surface area contributed by atoms with Gasteiger partial charge in [0, 0.05) is 32.2 Å². The van der Waals surface area contributed by atoms with Gasteiger partial charge in [0.1, 0.15) is 0 Å². The summed E-state index contributed by atoms with van der Waals surface area (Å²) in [5.74, 6) is 0. The van der Waals surface area contributed by atoms with Crippen molar-refractivity contribution < 1.29 is 4.74 Å². The molecule has 0 aromatic heterocycles. The monoisotopic (exact) mass is 216 g/mol. The summed E-state index contributed by atoms with van der Waals surface area (Å²) in [6.45, 7) is 5.66. The van der Waals surface area contributed by atoms with E-state index < -0.39 is 0 Å². The predicted molar refractivity (Wildman–Crippen MR) is 62.5 cm³/mol. The highest BCUT2D eigenvalue weighted by atomic mass is 32.1. The summed E-state index contributed by atoms with van der Waals surface area (Å²) < 4.78 is 5.34. The zero-order valence-electron chi connectivity index (χ0n) is 8.87. The van der Waals surface area contributed by atoms with E-state index in [4.69, 9.17) is 22.7 Å². The molecule has 0 atom stereocenters. The highest BCUT2D eigenvalue weighted by molar-refractivity contribution is 7.80. The van der Waals surface area contributed by atoms with Gasteiger partial charge in [-0.25, -0.2) is 0 Å². The minimum absolute atomic E-state index is 0.618. The molecule has 0 amide bonds. The molecule has 3 nitrogen and oxygen atoms in total. The second-order valence-corrected chi connectivity index (χ2v) is 4.20.